The summed E-state index contributed by atoms with van der Waals surface area (Å²) in [5.74, 6) is -0.342. The third-order valence-corrected chi connectivity index (χ3v) is 4.14. The van der Waals surface area contributed by atoms with E-state index in [9.17, 15) is 4.39 Å². The second-order valence-electron chi connectivity index (χ2n) is 5.52. The Kier molecular flexibility index (Phi) is 6.06. The summed E-state index contributed by atoms with van der Waals surface area (Å²) in [6, 6.07) is 5.45. The highest BCUT2D eigenvalue weighted by atomic mass is 35.5. The average molecular weight is 296 g/mol. The molecule has 0 bridgehead atoms. The summed E-state index contributed by atoms with van der Waals surface area (Å²) in [6.07, 6.45) is 9.46. The number of rotatable bonds is 6. The van der Waals surface area contributed by atoms with Crippen LogP contribution in [0.1, 0.15) is 44.6 Å². The lowest BCUT2D eigenvalue weighted by Crippen LogP contribution is -2.31. The molecule has 1 nitrogen and oxygen atoms in total. The SMILES string of the molecule is CCNC(CC1=CCCCC1)Cc1ccc(F)c(Cl)c1. The van der Waals surface area contributed by atoms with Gasteiger partial charge in [-0.15, -0.1) is 0 Å². The maximum atomic E-state index is 13.2. The van der Waals surface area contributed by atoms with E-state index in [1.165, 1.54) is 31.7 Å². The van der Waals surface area contributed by atoms with Crippen LogP contribution in [0.4, 0.5) is 4.39 Å². The lowest BCUT2D eigenvalue weighted by molar-refractivity contribution is 0.503. The zero-order valence-corrected chi connectivity index (χ0v) is 12.8. The molecular formula is C17H23ClFN. The molecule has 0 aromatic heterocycles. The fourth-order valence-corrected chi connectivity index (χ4v) is 3.07. The van der Waals surface area contributed by atoms with Crippen molar-refractivity contribution >= 4 is 11.6 Å². The van der Waals surface area contributed by atoms with Crippen molar-refractivity contribution in [3.8, 4) is 0 Å². The molecule has 20 heavy (non-hydrogen) atoms. The molecule has 1 atom stereocenters. The van der Waals surface area contributed by atoms with Gasteiger partial charge in [-0.05, 0) is 62.8 Å². The molecule has 0 fully saturated rings. The Morgan fingerprint density at radius 1 is 1.30 bits per heavy atom. The van der Waals surface area contributed by atoms with Gasteiger partial charge in [-0.2, -0.15) is 0 Å². The summed E-state index contributed by atoms with van der Waals surface area (Å²) in [4.78, 5) is 0. The topological polar surface area (TPSA) is 12.0 Å². The molecule has 2 rings (SSSR count). The predicted octanol–water partition coefficient (Wildman–Crippen LogP) is 4.89. The van der Waals surface area contributed by atoms with Gasteiger partial charge in [0.25, 0.3) is 0 Å². The van der Waals surface area contributed by atoms with E-state index in [0.29, 0.717) is 6.04 Å². The van der Waals surface area contributed by atoms with E-state index in [1.54, 1.807) is 11.6 Å². The molecule has 1 aliphatic rings. The van der Waals surface area contributed by atoms with E-state index >= 15 is 0 Å². The number of benzene rings is 1. The molecule has 1 aromatic carbocycles. The Morgan fingerprint density at radius 3 is 2.80 bits per heavy atom. The first kappa shape index (κ1) is 15.5. The quantitative estimate of drug-likeness (QED) is 0.737. The van der Waals surface area contributed by atoms with E-state index in [1.807, 2.05) is 6.07 Å². The normalized spacial score (nSPS) is 16.9. The Hall–Kier alpha value is -0.860. The van der Waals surface area contributed by atoms with Crippen molar-refractivity contribution < 1.29 is 4.39 Å². The minimum atomic E-state index is -0.342. The molecule has 0 saturated heterocycles. The lowest BCUT2D eigenvalue weighted by Gasteiger charge is -2.22. The zero-order chi connectivity index (χ0) is 14.4. The fraction of sp³-hybridized carbons (Fsp3) is 0.529. The highest BCUT2D eigenvalue weighted by molar-refractivity contribution is 6.30. The van der Waals surface area contributed by atoms with Crippen LogP contribution in [0.5, 0.6) is 0 Å². The molecule has 0 amide bonds. The van der Waals surface area contributed by atoms with E-state index in [-0.39, 0.29) is 10.8 Å². The molecule has 1 aliphatic carbocycles. The zero-order valence-electron chi connectivity index (χ0n) is 12.1. The summed E-state index contributed by atoms with van der Waals surface area (Å²) in [6.45, 7) is 3.08. The highest BCUT2D eigenvalue weighted by Gasteiger charge is 2.13. The summed E-state index contributed by atoms with van der Waals surface area (Å²) in [5.41, 5.74) is 2.66. The van der Waals surface area contributed by atoms with Gasteiger partial charge >= 0.3 is 0 Å². The number of hydrogen-bond donors (Lipinski definition) is 1. The molecule has 1 N–H and O–H groups in total. The van der Waals surface area contributed by atoms with Gasteiger partial charge in [-0.1, -0.05) is 36.2 Å². The fourth-order valence-electron chi connectivity index (χ4n) is 2.86. The molecule has 0 spiro atoms. The van der Waals surface area contributed by atoms with Crippen LogP contribution >= 0.6 is 11.6 Å². The molecule has 0 radical (unpaired) electrons. The van der Waals surface area contributed by atoms with Crippen molar-refractivity contribution in [2.75, 3.05) is 6.54 Å². The molecule has 0 aliphatic heterocycles. The summed E-state index contributed by atoms with van der Waals surface area (Å²) < 4.78 is 13.2. The molecule has 1 unspecified atom stereocenters. The van der Waals surface area contributed by atoms with Gasteiger partial charge in [0.15, 0.2) is 0 Å². The van der Waals surface area contributed by atoms with Crippen molar-refractivity contribution in [3.63, 3.8) is 0 Å². The van der Waals surface area contributed by atoms with E-state index in [2.05, 4.69) is 18.3 Å². The Labute approximate surface area is 126 Å². The first-order valence-corrected chi connectivity index (χ1v) is 7.92. The van der Waals surface area contributed by atoms with Gasteiger partial charge in [0.2, 0.25) is 0 Å². The van der Waals surface area contributed by atoms with E-state index in [4.69, 9.17) is 11.6 Å². The van der Waals surface area contributed by atoms with Crippen molar-refractivity contribution in [1.29, 1.82) is 0 Å². The van der Waals surface area contributed by atoms with Gasteiger partial charge in [0.05, 0.1) is 5.02 Å². The van der Waals surface area contributed by atoms with Crippen molar-refractivity contribution in [1.82, 2.24) is 5.32 Å². The standard InChI is InChI=1S/C17H23ClFN/c1-2-20-15(10-13-6-4-3-5-7-13)11-14-8-9-17(19)16(18)12-14/h6,8-9,12,15,20H,2-5,7,10-11H2,1H3. The molecule has 0 saturated carbocycles. The molecule has 110 valence electrons. The Balaban J connectivity index is 2.00. The van der Waals surface area contributed by atoms with Crippen LogP contribution in [0.15, 0.2) is 29.8 Å². The largest absolute Gasteiger partial charge is 0.314 e. The van der Waals surface area contributed by atoms with Crippen LogP contribution in [0.3, 0.4) is 0 Å². The average Bonchev–Trinajstić information content (AvgIpc) is 2.44. The number of allylic oxidation sites excluding steroid dienone is 1. The second-order valence-corrected chi connectivity index (χ2v) is 5.93. The monoisotopic (exact) mass is 295 g/mol. The number of nitrogens with one attached hydrogen (secondary N) is 1. The summed E-state index contributed by atoms with van der Waals surface area (Å²) in [5, 5.41) is 3.75. The Morgan fingerprint density at radius 2 is 2.15 bits per heavy atom. The third-order valence-electron chi connectivity index (χ3n) is 3.85. The van der Waals surface area contributed by atoms with Crippen LogP contribution in [-0.2, 0) is 6.42 Å². The minimum Gasteiger partial charge on any atom is -0.314 e. The minimum absolute atomic E-state index is 0.217. The maximum Gasteiger partial charge on any atom is 0.141 e. The second kappa shape index (κ2) is 7.80. The maximum absolute atomic E-state index is 13.2. The van der Waals surface area contributed by atoms with Gasteiger partial charge in [-0.25, -0.2) is 4.39 Å². The molecule has 3 heteroatoms. The summed E-state index contributed by atoms with van der Waals surface area (Å²) >= 11 is 5.86. The van der Waals surface area contributed by atoms with E-state index in [0.717, 1.165) is 24.9 Å². The van der Waals surface area contributed by atoms with Crippen LogP contribution in [0.25, 0.3) is 0 Å². The van der Waals surface area contributed by atoms with Gasteiger partial charge < -0.3 is 5.32 Å². The Bertz CT molecular complexity index is 470. The predicted molar refractivity (Wildman–Crippen MR) is 83.7 cm³/mol. The van der Waals surface area contributed by atoms with Crippen molar-refractivity contribution in [2.24, 2.45) is 0 Å². The van der Waals surface area contributed by atoms with Crippen molar-refractivity contribution in [2.45, 2.75) is 51.5 Å². The number of halogens is 2. The van der Waals surface area contributed by atoms with E-state index < -0.39 is 0 Å². The third kappa shape index (κ3) is 4.60. The van der Waals surface area contributed by atoms with Crippen LogP contribution < -0.4 is 5.32 Å². The number of hydrogen-bond acceptors (Lipinski definition) is 1. The first-order valence-electron chi connectivity index (χ1n) is 7.54. The highest BCUT2D eigenvalue weighted by Crippen LogP contribution is 2.23. The van der Waals surface area contributed by atoms with Gasteiger partial charge in [-0.3, -0.25) is 0 Å². The molecular weight excluding hydrogens is 273 g/mol. The lowest BCUT2D eigenvalue weighted by atomic mass is 9.92. The molecule has 0 heterocycles. The molecule has 1 aromatic rings. The smallest absolute Gasteiger partial charge is 0.141 e. The summed E-state index contributed by atoms with van der Waals surface area (Å²) in [7, 11) is 0. The van der Waals surface area contributed by atoms with Crippen LogP contribution in [0.2, 0.25) is 5.02 Å². The first-order chi connectivity index (χ1) is 9.69. The van der Waals surface area contributed by atoms with Gasteiger partial charge in [0, 0.05) is 6.04 Å². The van der Waals surface area contributed by atoms with Gasteiger partial charge in [0.1, 0.15) is 5.82 Å². The van der Waals surface area contributed by atoms with Crippen LogP contribution in [0, 0.1) is 5.82 Å². The van der Waals surface area contributed by atoms with Crippen LogP contribution in [-0.4, -0.2) is 12.6 Å². The van der Waals surface area contributed by atoms with Crippen molar-refractivity contribution in [3.05, 3.63) is 46.3 Å². The number of likely N-dealkylation sites (N-methyl/N-ethyl adjacent to an activating group) is 1.